The molecule has 0 spiro atoms. The van der Waals surface area contributed by atoms with E-state index in [1.165, 1.54) is 15.9 Å². The fraction of sp³-hybridized carbons (Fsp3) is 0.240. The second-order valence-electron chi connectivity index (χ2n) is 6.91. The van der Waals surface area contributed by atoms with Crippen LogP contribution >= 0.6 is 7.26 Å². The van der Waals surface area contributed by atoms with Gasteiger partial charge < -0.3 is 14.6 Å². The zero-order valence-electron chi connectivity index (χ0n) is 17.0. The average Bonchev–Trinajstić information content (AvgIpc) is 2.80. The van der Waals surface area contributed by atoms with Crippen molar-refractivity contribution < 1.29 is 19.4 Å². The summed E-state index contributed by atoms with van der Waals surface area (Å²) in [6.45, 7) is 1.68. The molecule has 0 aliphatic heterocycles. The Bertz CT molecular complexity index is 788. The van der Waals surface area contributed by atoms with E-state index in [2.05, 4.69) is 91.0 Å². The van der Waals surface area contributed by atoms with Gasteiger partial charge in [0.15, 0.2) is 0 Å². The molecule has 0 saturated carbocycles. The quantitative estimate of drug-likeness (QED) is 0.358. The molecule has 30 heavy (non-hydrogen) atoms. The van der Waals surface area contributed by atoms with Gasteiger partial charge >= 0.3 is 5.97 Å². The molecule has 0 atom stereocenters. The van der Waals surface area contributed by atoms with Gasteiger partial charge in [0.1, 0.15) is 23.2 Å². The summed E-state index contributed by atoms with van der Waals surface area (Å²) >= 11 is 0. The van der Waals surface area contributed by atoms with Crippen LogP contribution in [0.3, 0.4) is 0 Å². The highest BCUT2D eigenvalue weighted by molar-refractivity contribution is 7.95. The Morgan fingerprint density at radius 2 is 1.03 bits per heavy atom. The van der Waals surface area contributed by atoms with Crippen LogP contribution < -0.4 is 15.9 Å². The van der Waals surface area contributed by atoms with Gasteiger partial charge in [-0.1, -0.05) is 54.6 Å². The molecule has 0 aromatic heterocycles. The highest BCUT2D eigenvalue weighted by atomic mass is 31.2. The van der Waals surface area contributed by atoms with Gasteiger partial charge in [0.05, 0.1) is 39.0 Å². The first kappa shape index (κ1) is 22.2. The molecule has 3 rings (SSSR count). The zero-order valence-corrected chi connectivity index (χ0v) is 17.9. The molecule has 0 amide bonds. The Hall–Kier alpha value is -2.52. The standard InChI is InChI=1S/C25H27O4P/c26-25(27)16-17-28-18-19-29-20-21-30(22-10-4-1-5-11-22,23-12-6-2-7-13-23)24-14-8-3-9-15-24/h1-15H,16-21H2/p+1. The van der Waals surface area contributed by atoms with E-state index in [0.29, 0.717) is 19.8 Å². The van der Waals surface area contributed by atoms with E-state index in [1.807, 2.05) is 0 Å². The summed E-state index contributed by atoms with van der Waals surface area (Å²) in [4.78, 5) is 10.5. The summed E-state index contributed by atoms with van der Waals surface area (Å²) in [5.41, 5.74) is 0. The molecule has 0 aliphatic rings. The first-order valence-electron chi connectivity index (χ1n) is 10.2. The number of ether oxygens (including phenoxy) is 2. The first-order chi connectivity index (χ1) is 14.7. The average molecular weight is 423 g/mol. The Labute approximate surface area is 178 Å². The van der Waals surface area contributed by atoms with Gasteiger partial charge in [-0.25, -0.2) is 0 Å². The van der Waals surface area contributed by atoms with E-state index in [1.54, 1.807) is 0 Å². The van der Waals surface area contributed by atoms with Crippen LogP contribution in [-0.4, -0.2) is 43.7 Å². The number of carboxylic acid groups (broad SMARTS) is 1. The fourth-order valence-electron chi connectivity index (χ4n) is 3.56. The van der Waals surface area contributed by atoms with Crippen molar-refractivity contribution in [1.29, 1.82) is 0 Å². The summed E-state index contributed by atoms with van der Waals surface area (Å²) in [7, 11) is -1.87. The van der Waals surface area contributed by atoms with E-state index in [-0.39, 0.29) is 13.0 Å². The molecule has 0 bridgehead atoms. The SMILES string of the molecule is O=C(O)CCOCCOCC[P+](c1ccccc1)(c1ccccc1)c1ccccc1. The second-order valence-corrected chi connectivity index (χ2v) is 10.5. The maximum Gasteiger partial charge on any atom is 0.305 e. The monoisotopic (exact) mass is 423 g/mol. The highest BCUT2D eigenvalue weighted by Crippen LogP contribution is 2.54. The van der Waals surface area contributed by atoms with E-state index in [9.17, 15) is 4.79 Å². The van der Waals surface area contributed by atoms with Gasteiger partial charge in [0.25, 0.3) is 0 Å². The molecule has 0 saturated heterocycles. The number of carbonyl (C=O) groups is 1. The zero-order chi connectivity index (χ0) is 21.1. The molecule has 3 aromatic carbocycles. The number of carboxylic acids is 1. The summed E-state index contributed by atoms with van der Waals surface area (Å²) in [6.07, 6.45) is 0.908. The van der Waals surface area contributed by atoms with Crippen molar-refractivity contribution in [3.8, 4) is 0 Å². The smallest absolute Gasteiger partial charge is 0.305 e. The predicted molar refractivity (Wildman–Crippen MR) is 124 cm³/mol. The molecule has 0 fully saturated rings. The van der Waals surface area contributed by atoms with Crippen molar-refractivity contribution in [2.45, 2.75) is 6.42 Å². The maximum absolute atomic E-state index is 10.5. The lowest BCUT2D eigenvalue weighted by Crippen LogP contribution is -2.34. The lowest BCUT2D eigenvalue weighted by atomic mass is 10.4. The molecular formula is C25H28O4P+. The Balaban J connectivity index is 1.79. The molecule has 1 N–H and O–H groups in total. The van der Waals surface area contributed by atoms with Crippen molar-refractivity contribution in [3.05, 3.63) is 91.0 Å². The number of hydrogen-bond donors (Lipinski definition) is 1. The van der Waals surface area contributed by atoms with Gasteiger partial charge in [0, 0.05) is 0 Å². The Morgan fingerprint density at radius 3 is 1.43 bits per heavy atom. The van der Waals surface area contributed by atoms with Crippen LogP contribution in [0.4, 0.5) is 0 Å². The minimum atomic E-state index is -1.87. The summed E-state index contributed by atoms with van der Waals surface area (Å²) in [5, 5.41) is 12.7. The third-order valence-electron chi connectivity index (χ3n) is 4.99. The van der Waals surface area contributed by atoms with Gasteiger partial charge in [-0.3, -0.25) is 4.79 Å². The van der Waals surface area contributed by atoms with Crippen molar-refractivity contribution in [1.82, 2.24) is 0 Å². The topological polar surface area (TPSA) is 55.8 Å². The van der Waals surface area contributed by atoms with Crippen LogP contribution in [0.2, 0.25) is 0 Å². The number of hydrogen-bond acceptors (Lipinski definition) is 3. The molecule has 0 heterocycles. The van der Waals surface area contributed by atoms with Gasteiger partial charge in [0.2, 0.25) is 0 Å². The van der Waals surface area contributed by atoms with E-state index in [4.69, 9.17) is 14.6 Å². The van der Waals surface area contributed by atoms with Crippen LogP contribution in [0, 0.1) is 0 Å². The second kappa shape index (κ2) is 11.6. The third kappa shape index (κ3) is 5.76. The minimum Gasteiger partial charge on any atom is -0.481 e. The fourth-order valence-corrected chi connectivity index (χ4v) is 7.68. The number of aliphatic carboxylic acids is 1. The molecule has 0 aliphatic carbocycles. The maximum atomic E-state index is 10.5. The van der Waals surface area contributed by atoms with E-state index < -0.39 is 13.2 Å². The molecule has 0 unspecified atom stereocenters. The van der Waals surface area contributed by atoms with Gasteiger partial charge in [-0.2, -0.15) is 0 Å². The minimum absolute atomic E-state index is 0.0185. The molecule has 4 nitrogen and oxygen atoms in total. The largest absolute Gasteiger partial charge is 0.481 e. The van der Waals surface area contributed by atoms with Gasteiger partial charge in [-0.15, -0.1) is 0 Å². The Kier molecular flexibility index (Phi) is 8.58. The number of benzene rings is 3. The number of rotatable bonds is 12. The van der Waals surface area contributed by atoms with Crippen molar-refractivity contribution >= 4 is 29.1 Å². The van der Waals surface area contributed by atoms with Crippen LogP contribution in [0.1, 0.15) is 6.42 Å². The highest BCUT2D eigenvalue weighted by Gasteiger charge is 2.44. The molecule has 0 radical (unpaired) electrons. The summed E-state index contributed by atoms with van der Waals surface area (Å²) < 4.78 is 11.2. The van der Waals surface area contributed by atoms with Crippen LogP contribution in [0.15, 0.2) is 91.0 Å². The summed E-state index contributed by atoms with van der Waals surface area (Å²) in [6, 6.07) is 32.1. The molecule has 156 valence electrons. The van der Waals surface area contributed by atoms with Crippen LogP contribution in [-0.2, 0) is 14.3 Å². The Morgan fingerprint density at radius 1 is 0.633 bits per heavy atom. The molecule has 3 aromatic rings. The van der Waals surface area contributed by atoms with Crippen molar-refractivity contribution in [2.75, 3.05) is 32.6 Å². The molecular weight excluding hydrogens is 395 g/mol. The predicted octanol–water partition coefficient (Wildman–Crippen LogP) is 3.49. The third-order valence-corrected chi connectivity index (χ3v) is 9.39. The van der Waals surface area contributed by atoms with Crippen molar-refractivity contribution in [2.24, 2.45) is 0 Å². The first-order valence-corrected chi connectivity index (χ1v) is 12.1. The molecule has 5 heteroatoms. The summed E-state index contributed by atoms with van der Waals surface area (Å²) in [5.74, 6) is -0.848. The lowest BCUT2D eigenvalue weighted by molar-refractivity contribution is -0.138. The van der Waals surface area contributed by atoms with Crippen LogP contribution in [0.25, 0.3) is 0 Å². The lowest BCUT2D eigenvalue weighted by Gasteiger charge is -2.27. The van der Waals surface area contributed by atoms with Crippen LogP contribution in [0.5, 0.6) is 0 Å². The van der Waals surface area contributed by atoms with Crippen molar-refractivity contribution in [3.63, 3.8) is 0 Å². The van der Waals surface area contributed by atoms with E-state index in [0.717, 1.165) is 6.16 Å². The van der Waals surface area contributed by atoms with E-state index >= 15 is 0 Å². The normalized spacial score (nSPS) is 11.3. The van der Waals surface area contributed by atoms with Gasteiger partial charge in [-0.05, 0) is 36.4 Å².